The van der Waals surface area contributed by atoms with Crippen LogP contribution in [0.4, 0.5) is 0 Å². The molecule has 0 amide bonds. The van der Waals surface area contributed by atoms with Gasteiger partial charge in [-0.3, -0.25) is 0 Å². The molecule has 0 saturated heterocycles. The minimum Gasteiger partial charge on any atom is -0.395 e. The molecule has 1 aromatic rings. The smallest absolute Gasteiger partial charge is 0.151 e. The second-order valence-electron chi connectivity index (χ2n) is 5.64. The van der Waals surface area contributed by atoms with Gasteiger partial charge in [-0.1, -0.05) is 36.8 Å². The van der Waals surface area contributed by atoms with Gasteiger partial charge in [0.1, 0.15) is 0 Å². The number of sulfone groups is 1. The van der Waals surface area contributed by atoms with Gasteiger partial charge >= 0.3 is 0 Å². The maximum atomic E-state index is 11.8. The zero-order valence-electron chi connectivity index (χ0n) is 11.8. The van der Waals surface area contributed by atoms with Crippen molar-refractivity contribution in [3.63, 3.8) is 0 Å². The molecule has 1 fully saturated rings. The molecule has 2 unspecified atom stereocenters. The minimum atomic E-state index is -3.02. The van der Waals surface area contributed by atoms with E-state index >= 15 is 0 Å². The molecule has 0 radical (unpaired) electrons. The minimum absolute atomic E-state index is 0.0158. The van der Waals surface area contributed by atoms with Crippen LogP contribution in [0.15, 0.2) is 30.3 Å². The Balaban J connectivity index is 1.99. The molecule has 0 aliphatic heterocycles. The summed E-state index contributed by atoms with van der Waals surface area (Å²) in [5.41, 5.74) is 1.15. The molecular formula is C15H23NO3S. The standard InChI is InChI=1S/C15H23NO3S/c1-20(18,19)15-9-5-8-14(15)16-13(11-17)10-12-6-3-2-4-7-12/h2-4,6-7,13-17H,5,8-11H2,1H3/t13-,14?,15?/m0/s1. The van der Waals surface area contributed by atoms with Crippen LogP contribution in [-0.2, 0) is 16.3 Å². The van der Waals surface area contributed by atoms with E-state index in [1.54, 1.807) is 0 Å². The molecular weight excluding hydrogens is 274 g/mol. The van der Waals surface area contributed by atoms with E-state index in [0.717, 1.165) is 24.8 Å². The number of nitrogens with one attached hydrogen (secondary N) is 1. The van der Waals surface area contributed by atoms with E-state index in [1.165, 1.54) is 6.26 Å². The van der Waals surface area contributed by atoms with Crippen molar-refractivity contribution in [3.8, 4) is 0 Å². The average molecular weight is 297 g/mol. The molecule has 0 spiro atoms. The van der Waals surface area contributed by atoms with Gasteiger partial charge in [0.05, 0.1) is 11.9 Å². The van der Waals surface area contributed by atoms with Crippen molar-refractivity contribution in [2.45, 2.75) is 43.0 Å². The number of aliphatic hydroxyl groups is 1. The Kier molecular flexibility index (Phi) is 5.18. The van der Waals surface area contributed by atoms with Gasteiger partial charge in [0.15, 0.2) is 9.84 Å². The zero-order chi connectivity index (χ0) is 14.6. The van der Waals surface area contributed by atoms with E-state index in [1.807, 2.05) is 30.3 Å². The fourth-order valence-corrected chi connectivity index (χ4v) is 4.41. The normalized spacial score (nSPS) is 24.7. The third-order valence-electron chi connectivity index (χ3n) is 4.00. The van der Waals surface area contributed by atoms with E-state index in [0.29, 0.717) is 6.42 Å². The summed E-state index contributed by atoms with van der Waals surface area (Å²) in [5, 5.41) is 12.6. The molecule has 2 rings (SSSR count). The van der Waals surface area contributed by atoms with Crippen molar-refractivity contribution in [1.82, 2.24) is 5.32 Å². The number of hydrogen-bond donors (Lipinski definition) is 2. The van der Waals surface area contributed by atoms with Crippen LogP contribution < -0.4 is 5.32 Å². The van der Waals surface area contributed by atoms with Crippen LogP contribution in [0.5, 0.6) is 0 Å². The van der Waals surface area contributed by atoms with Crippen LogP contribution in [0.2, 0.25) is 0 Å². The average Bonchev–Trinajstić information content (AvgIpc) is 2.87. The quantitative estimate of drug-likeness (QED) is 0.826. The first-order chi connectivity index (χ1) is 9.50. The molecule has 5 heteroatoms. The van der Waals surface area contributed by atoms with Gasteiger partial charge in [-0.25, -0.2) is 8.42 Å². The summed E-state index contributed by atoms with van der Waals surface area (Å²) in [7, 11) is -3.02. The summed E-state index contributed by atoms with van der Waals surface area (Å²) < 4.78 is 23.5. The molecule has 1 aliphatic carbocycles. The van der Waals surface area contributed by atoms with Gasteiger partial charge in [-0.2, -0.15) is 0 Å². The highest BCUT2D eigenvalue weighted by atomic mass is 32.2. The summed E-state index contributed by atoms with van der Waals surface area (Å²) in [6.45, 7) is 0.0158. The number of hydrogen-bond acceptors (Lipinski definition) is 4. The molecule has 1 saturated carbocycles. The lowest BCUT2D eigenvalue weighted by atomic mass is 10.1. The number of aliphatic hydroxyl groups excluding tert-OH is 1. The second-order valence-corrected chi connectivity index (χ2v) is 7.91. The maximum absolute atomic E-state index is 11.8. The van der Waals surface area contributed by atoms with Crippen molar-refractivity contribution < 1.29 is 13.5 Å². The van der Waals surface area contributed by atoms with E-state index in [4.69, 9.17) is 0 Å². The van der Waals surface area contributed by atoms with Gasteiger partial charge in [-0.15, -0.1) is 0 Å². The topological polar surface area (TPSA) is 66.4 Å². The van der Waals surface area contributed by atoms with Crippen molar-refractivity contribution in [2.75, 3.05) is 12.9 Å². The highest BCUT2D eigenvalue weighted by molar-refractivity contribution is 7.91. The molecule has 4 nitrogen and oxygen atoms in total. The Bertz CT molecular complexity index is 515. The van der Waals surface area contributed by atoms with Crippen LogP contribution in [0, 0.1) is 0 Å². The molecule has 0 aromatic heterocycles. The predicted octanol–water partition coefficient (Wildman–Crippen LogP) is 1.15. The summed E-state index contributed by atoms with van der Waals surface area (Å²) in [6, 6.07) is 9.81. The monoisotopic (exact) mass is 297 g/mol. The van der Waals surface area contributed by atoms with Gasteiger partial charge in [-0.05, 0) is 24.8 Å². The lowest BCUT2D eigenvalue weighted by molar-refractivity contribution is 0.230. The van der Waals surface area contributed by atoms with Crippen LogP contribution in [0.3, 0.4) is 0 Å². The molecule has 0 heterocycles. The molecule has 3 atom stereocenters. The van der Waals surface area contributed by atoms with Gasteiger partial charge in [0.25, 0.3) is 0 Å². The van der Waals surface area contributed by atoms with E-state index in [9.17, 15) is 13.5 Å². The van der Waals surface area contributed by atoms with Crippen molar-refractivity contribution in [3.05, 3.63) is 35.9 Å². The molecule has 0 bridgehead atoms. The predicted molar refractivity (Wildman–Crippen MR) is 80.4 cm³/mol. The van der Waals surface area contributed by atoms with Crippen LogP contribution in [0.25, 0.3) is 0 Å². The first kappa shape index (κ1) is 15.5. The van der Waals surface area contributed by atoms with Crippen LogP contribution in [0.1, 0.15) is 24.8 Å². The Morgan fingerprint density at radius 3 is 2.60 bits per heavy atom. The van der Waals surface area contributed by atoms with Crippen LogP contribution >= 0.6 is 0 Å². The van der Waals surface area contributed by atoms with Gasteiger partial charge < -0.3 is 10.4 Å². The van der Waals surface area contributed by atoms with Crippen molar-refractivity contribution in [1.29, 1.82) is 0 Å². The first-order valence-corrected chi connectivity index (χ1v) is 9.06. The Morgan fingerprint density at radius 2 is 2.00 bits per heavy atom. The highest BCUT2D eigenvalue weighted by Crippen LogP contribution is 2.25. The Morgan fingerprint density at radius 1 is 1.30 bits per heavy atom. The number of benzene rings is 1. The second kappa shape index (κ2) is 6.70. The summed E-state index contributed by atoms with van der Waals surface area (Å²) in [4.78, 5) is 0. The first-order valence-electron chi connectivity index (χ1n) is 7.10. The fourth-order valence-electron chi connectivity index (χ4n) is 3.01. The summed E-state index contributed by atoms with van der Waals surface area (Å²) in [5.74, 6) is 0. The third-order valence-corrected chi connectivity index (χ3v) is 5.66. The Labute approximate surface area is 121 Å². The summed E-state index contributed by atoms with van der Waals surface area (Å²) in [6.07, 6.45) is 4.54. The molecule has 2 N–H and O–H groups in total. The van der Waals surface area contributed by atoms with Gasteiger partial charge in [0.2, 0.25) is 0 Å². The fraction of sp³-hybridized carbons (Fsp3) is 0.600. The number of rotatable bonds is 6. The zero-order valence-corrected chi connectivity index (χ0v) is 12.6. The summed E-state index contributed by atoms with van der Waals surface area (Å²) >= 11 is 0. The van der Waals surface area contributed by atoms with E-state index in [-0.39, 0.29) is 23.9 Å². The van der Waals surface area contributed by atoms with Crippen molar-refractivity contribution >= 4 is 9.84 Å². The van der Waals surface area contributed by atoms with Crippen molar-refractivity contribution in [2.24, 2.45) is 0 Å². The molecule has 1 aromatic carbocycles. The Hall–Kier alpha value is -0.910. The largest absolute Gasteiger partial charge is 0.395 e. The van der Waals surface area contributed by atoms with Crippen LogP contribution in [-0.4, -0.2) is 43.7 Å². The molecule has 1 aliphatic rings. The molecule has 20 heavy (non-hydrogen) atoms. The van der Waals surface area contributed by atoms with E-state index in [2.05, 4.69) is 5.32 Å². The maximum Gasteiger partial charge on any atom is 0.151 e. The lowest BCUT2D eigenvalue weighted by Gasteiger charge is -2.25. The molecule has 112 valence electrons. The SMILES string of the molecule is CS(=O)(=O)C1CCCC1N[C@H](CO)Cc1ccccc1. The highest BCUT2D eigenvalue weighted by Gasteiger charge is 2.35. The lowest BCUT2D eigenvalue weighted by Crippen LogP contribution is -2.47. The van der Waals surface area contributed by atoms with Gasteiger partial charge in [0, 0.05) is 18.3 Å². The third kappa shape index (κ3) is 4.04. The van der Waals surface area contributed by atoms with E-state index < -0.39 is 9.84 Å².